The second kappa shape index (κ2) is 10.5. The Labute approximate surface area is 198 Å². The van der Waals surface area contributed by atoms with Gasteiger partial charge in [0.1, 0.15) is 0 Å². The lowest BCUT2D eigenvalue weighted by atomic mass is 9.72. The number of hydrogen-bond acceptors (Lipinski definition) is 4. The highest BCUT2D eigenvalue weighted by atomic mass is 16.2. The largest absolute Gasteiger partial charge is 0.369 e. The van der Waals surface area contributed by atoms with E-state index in [-0.39, 0.29) is 5.91 Å². The number of para-hydroxylation sites is 1. The average Bonchev–Trinajstić information content (AvgIpc) is 2.84. The van der Waals surface area contributed by atoms with Crippen molar-refractivity contribution in [1.29, 1.82) is 0 Å². The molecule has 4 rings (SSSR count). The van der Waals surface area contributed by atoms with Gasteiger partial charge < -0.3 is 4.90 Å². The Morgan fingerprint density at radius 1 is 0.939 bits per heavy atom. The number of hydrazone groups is 1. The van der Waals surface area contributed by atoms with E-state index in [9.17, 15) is 4.79 Å². The predicted octanol–water partition coefficient (Wildman–Crippen LogP) is 5.33. The van der Waals surface area contributed by atoms with E-state index >= 15 is 0 Å². The van der Waals surface area contributed by atoms with Crippen LogP contribution in [0.1, 0.15) is 62.4 Å². The summed E-state index contributed by atoms with van der Waals surface area (Å²) in [5, 5.41) is 4.43. The molecular weight excluding hydrogens is 408 g/mol. The van der Waals surface area contributed by atoms with Gasteiger partial charge in [-0.05, 0) is 66.8 Å². The van der Waals surface area contributed by atoms with E-state index in [0.29, 0.717) is 11.0 Å². The molecule has 5 heteroatoms. The Morgan fingerprint density at radius 3 is 2.18 bits per heavy atom. The van der Waals surface area contributed by atoms with Gasteiger partial charge in [0.05, 0.1) is 0 Å². The topological polar surface area (TPSA) is 47.9 Å². The Bertz CT molecular complexity index is 928. The second-order valence-electron chi connectivity index (χ2n) is 10.6. The number of nitrogens with one attached hydrogen (secondary N) is 1. The first-order valence-corrected chi connectivity index (χ1v) is 12.4. The Balaban J connectivity index is 1.23. The highest BCUT2D eigenvalue weighted by Gasteiger charge is 2.28. The van der Waals surface area contributed by atoms with Crippen LogP contribution in [0.25, 0.3) is 0 Å². The summed E-state index contributed by atoms with van der Waals surface area (Å²) in [5.74, 6) is 0.615. The molecule has 176 valence electrons. The van der Waals surface area contributed by atoms with Gasteiger partial charge in [0.25, 0.3) is 5.91 Å². The van der Waals surface area contributed by atoms with Crippen molar-refractivity contribution in [1.82, 2.24) is 10.3 Å². The van der Waals surface area contributed by atoms with Crippen LogP contribution in [-0.2, 0) is 6.54 Å². The monoisotopic (exact) mass is 446 g/mol. The molecule has 0 aromatic heterocycles. The zero-order chi connectivity index (χ0) is 23.3. The summed E-state index contributed by atoms with van der Waals surface area (Å²) >= 11 is 0. The van der Waals surface area contributed by atoms with Crippen LogP contribution >= 0.6 is 0 Å². The number of amides is 1. The molecule has 1 aliphatic carbocycles. The van der Waals surface area contributed by atoms with Gasteiger partial charge in [-0.2, -0.15) is 5.10 Å². The third kappa shape index (κ3) is 6.44. The van der Waals surface area contributed by atoms with Crippen LogP contribution < -0.4 is 10.3 Å². The maximum absolute atomic E-state index is 12.5. The lowest BCUT2D eigenvalue weighted by Crippen LogP contribution is -2.45. The number of piperazine rings is 1. The number of carbonyl (C=O) groups is 1. The van der Waals surface area contributed by atoms with Crippen LogP contribution in [0.15, 0.2) is 59.7 Å². The van der Waals surface area contributed by atoms with Crippen LogP contribution in [0.3, 0.4) is 0 Å². The highest BCUT2D eigenvalue weighted by Crippen LogP contribution is 2.36. The molecule has 2 fully saturated rings. The van der Waals surface area contributed by atoms with Crippen molar-refractivity contribution < 1.29 is 4.79 Å². The first kappa shape index (κ1) is 23.5. The maximum Gasteiger partial charge on any atom is 0.271 e. The van der Waals surface area contributed by atoms with Gasteiger partial charge >= 0.3 is 0 Å². The van der Waals surface area contributed by atoms with Gasteiger partial charge in [-0.1, -0.05) is 51.1 Å². The van der Waals surface area contributed by atoms with E-state index in [1.54, 1.807) is 0 Å². The fourth-order valence-electron chi connectivity index (χ4n) is 4.95. The molecule has 5 nitrogen and oxygen atoms in total. The summed E-state index contributed by atoms with van der Waals surface area (Å²) in [5.41, 5.74) is 7.46. The highest BCUT2D eigenvalue weighted by molar-refractivity contribution is 5.95. The fraction of sp³-hybridized carbons (Fsp3) is 0.500. The first-order chi connectivity index (χ1) is 15.9. The van der Waals surface area contributed by atoms with E-state index < -0.39 is 0 Å². The summed E-state index contributed by atoms with van der Waals surface area (Å²) in [7, 11) is 0. The van der Waals surface area contributed by atoms with Crippen LogP contribution in [0.4, 0.5) is 5.69 Å². The smallest absolute Gasteiger partial charge is 0.271 e. The molecule has 0 radical (unpaired) electrons. The molecule has 1 heterocycles. The van der Waals surface area contributed by atoms with E-state index in [2.05, 4.69) is 83.6 Å². The third-order valence-electron chi connectivity index (χ3n) is 7.22. The predicted molar refractivity (Wildman–Crippen MR) is 137 cm³/mol. The first-order valence-electron chi connectivity index (χ1n) is 12.4. The number of carbonyl (C=O) groups excluding carboxylic acids is 1. The zero-order valence-corrected chi connectivity index (χ0v) is 20.4. The van der Waals surface area contributed by atoms with Gasteiger partial charge in [-0.15, -0.1) is 0 Å². The van der Waals surface area contributed by atoms with Crippen molar-refractivity contribution in [2.24, 2.45) is 16.4 Å². The van der Waals surface area contributed by atoms with Crippen molar-refractivity contribution in [2.75, 3.05) is 31.1 Å². The molecule has 0 bridgehead atoms. The minimum atomic E-state index is -0.122. The normalized spacial score (nSPS) is 19.9. The van der Waals surface area contributed by atoms with Gasteiger partial charge in [-0.25, -0.2) is 5.43 Å². The summed E-state index contributed by atoms with van der Waals surface area (Å²) in [6.45, 7) is 12.0. The molecule has 2 aliphatic rings. The molecule has 2 aromatic carbocycles. The van der Waals surface area contributed by atoms with Crippen molar-refractivity contribution in [3.63, 3.8) is 0 Å². The standard InChI is InChI=1S/C28H38N4O/c1-28(2,3)24-13-15-25(16-14-24)29-30-27(33)23-11-9-22(10-12-23)21-31-17-19-32(20-18-31)26-7-5-4-6-8-26/h4-12,24H,13-21H2,1-3H3,(H,30,33). The Kier molecular flexibility index (Phi) is 7.49. The number of benzene rings is 2. The van der Waals surface area contributed by atoms with Gasteiger partial charge in [0, 0.05) is 49.7 Å². The fourth-order valence-corrected chi connectivity index (χ4v) is 4.95. The summed E-state index contributed by atoms with van der Waals surface area (Å²) in [4.78, 5) is 17.5. The molecule has 33 heavy (non-hydrogen) atoms. The number of hydrogen-bond donors (Lipinski definition) is 1. The minimum Gasteiger partial charge on any atom is -0.369 e. The van der Waals surface area contributed by atoms with Crippen LogP contribution in [0.2, 0.25) is 0 Å². The lowest BCUT2D eigenvalue weighted by molar-refractivity contribution is 0.0954. The Hall–Kier alpha value is -2.66. The Morgan fingerprint density at radius 2 is 1.58 bits per heavy atom. The van der Waals surface area contributed by atoms with Crippen LogP contribution in [0, 0.1) is 11.3 Å². The number of anilines is 1. The maximum atomic E-state index is 12.5. The van der Waals surface area contributed by atoms with E-state index in [0.717, 1.165) is 70.0 Å². The average molecular weight is 447 g/mol. The number of rotatable bonds is 5. The molecule has 0 atom stereocenters. The zero-order valence-electron chi connectivity index (χ0n) is 20.4. The molecule has 0 unspecified atom stereocenters. The molecule has 1 N–H and O–H groups in total. The molecule has 2 aromatic rings. The molecule has 0 spiro atoms. The summed E-state index contributed by atoms with van der Waals surface area (Å²) in [6, 6.07) is 18.6. The third-order valence-corrected chi connectivity index (χ3v) is 7.22. The molecular formula is C28H38N4O. The van der Waals surface area contributed by atoms with Crippen molar-refractivity contribution in [3.05, 3.63) is 65.7 Å². The molecule has 1 saturated heterocycles. The molecule has 1 aliphatic heterocycles. The van der Waals surface area contributed by atoms with Gasteiger partial charge in [0.2, 0.25) is 0 Å². The van der Waals surface area contributed by atoms with Gasteiger partial charge in [0.15, 0.2) is 0 Å². The SMILES string of the molecule is CC(C)(C)C1CCC(=NNC(=O)c2ccc(CN3CCN(c4ccccc4)CC3)cc2)CC1. The van der Waals surface area contributed by atoms with Crippen molar-refractivity contribution in [3.8, 4) is 0 Å². The molecule has 1 amide bonds. The van der Waals surface area contributed by atoms with Crippen LogP contribution in [-0.4, -0.2) is 42.7 Å². The van der Waals surface area contributed by atoms with Crippen LogP contribution in [0.5, 0.6) is 0 Å². The van der Waals surface area contributed by atoms with Gasteiger partial charge in [-0.3, -0.25) is 9.69 Å². The quantitative estimate of drug-likeness (QED) is 0.632. The summed E-state index contributed by atoms with van der Waals surface area (Å²) < 4.78 is 0. The summed E-state index contributed by atoms with van der Waals surface area (Å²) in [6.07, 6.45) is 4.29. The van der Waals surface area contributed by atoms with E-state index in [1.165, 1.54) is 11.3 Å². The van der Waals surface area contributed by atoms with Crippen molar-refractivity contribution in [2.45, 2.75) is 53.0 Å². The minimum absolute atomic E-state index is 0.122. The van der Waals surface area contributed by atoms with E-state index in [4.69, 9.17) is 0 Å². The number of nitrogens with zero attached hydrogens (tertiary/aromatic N) is 3. The lowest BCUT2D eigenvalue weighted by Gasteiger charge is -2.36. The van der Waals surface area contributed by atoms with Crippen molar-refractivity contribution >= 4 is 17.3 Å². The second-order valence-corrected chi connectivity index (χ2v) is 10.6. The van der Waals surface area contributed by atoms with E-state index in [1.807, 2.05) is 12.1 Å². The molecule has 1 saturated carbocycles.